The highest BCUT2D eigenvalue weighted by molar-refractivity contribution is 7.99. The predicted molar refractivity (Wildman–Crippen MR) is 83.3 cm³/mol. The Balaban J connectivity index is 2.33. The number of nitrogens with two attached hydrogens (primary N) is 1. The van der Waals surface area contributed by atoms with Crippen LogP contribution in [0.3, 0.4) is 0 Å². The molecule has 0 saturated carbocycles. The highest BCUT2D eigenvalue weighted by Crippen LogP contribution is 2.26. The molecule has 2 N–H and O–H groups in total. The van der Waals surface area contributed by atoms with Crippen molar-refractivity contribution in [3.05, 3.63) is 30.2 Å². The average Bonchev–Trinajstić information content (AvgIpc) is 2.81. The standard InChI is InChI=1S/C13H19N7S/c1-5-6-20-10(8-14)17-18-13(20)21-11-7-9(2)15-12(16-11)19(3)4/h5,7H,1,6,8,14H2,2-4H3. The van der Waals surface area contributed by atoms with Crippen molar-refractivity contribution < 1.29 is 0 Å². The fraction of sp³-hybridized carbons (Fsp3) is 0.385. The van der Waals surface area contributed by atoms with E-state index in [4.69, 9.17) is 5.73 Å². The largest absolute Gasteiger partial charge is 0.347 e. The Morgan fingerprint density at radius 1 is 1.38 bits per heavy atom. The lowest BCUT2D eigenvalue weighted by Gasteiger charge is -2.12. The first-order valence-electron chi connectivity index (χ1n) is 6.49. The van der Waals surface area contributed by atoms with Crippen LogP contribution in [0.5, 0.6) is 0 Å². The summed E-state index contributed by atoms with van der Waals surface area (Å²) in [5.74, 6) is 1.40. The third-order valence-electron chi connectivity index (χ3n) is 2.70. The van der Waals surface area contributed by atoms with Crippen LogP contribution in [-0.4, -0.2) is 38.8 Å². The molecule has 7 nitrogen and oxygen atoms in total. The van der Waals surface area contributed by atoms with Gasteiger partial charge in [0.05, 0.1) is 6.54 Å². The smallest absolute Gasteiger partial charge is 0.226 e. The van der Waals surface area contributed by atoms with E-state index in [1.165, 1.54) is 11.8 Å². The summed E-state index contributed by atoms with van der Waals surface area (Å²) in [5.41, 5.74) is 6.58. The van der Waals surface area contributed by atoms with Gasteiger partial charge >= 0.3 is 0 Å². The Hall–Kier alpha value is -1.93. The molecular weight excluding hydrogens is 286 g/mol. The number of hydrogen-bond donors (Lipinski definition) is 1. The fourth-order valence-corrected chi connectivity index (χ4v) is 2.64. The van der Waals surface area contributed by atoms with Crippen molar-refractivity contribution in [2.24, 2.45) is 5.73 Å². The molecule has 0 aliphatic rings. The SMILES string of the molecule is C=CCn1c(CN)nnc1Sc1cc(C)nc(N(C)C)n1. The number of rotatable bonds is 6. The van der Waals surface area contributed by atoms with E-state index in [2.05, 4.69) is 26.7 Å². The average molecular weight is 305 g/mol. The van der Waals surface area contributed by atoms with Crippen molar-refractivity contribution in [3.63, 3.8) is 0 Å². The maximum Gasteiger partial charge on any atom is 0.226 e. The van der Waals surface area contributed by atoms with Crippen LogP contribution in [0.4, 0.5) is 5.95 Å². The first-order valence-corrected chi connectivity index (χ1v) is 7.30. The minimum atomic E-state index is 0.340. The third-order valence-corrected chi connectivity index (χ3v) is 3.61. The van der Waals surface area contributed by atoms with Gasteiger partial charge in [-0.25, -0.2) is 9.97 Å². The summed E-state index contributed by atoms with van der Waals surface area (Å²) in [6.45, 7) is 6.65. The first kappa shape index (κ1) is 15.5. The molecular formula is C13H19N7S. The molecule has 2 aromatic heterocycles. The summed E-state index contributed by atoms with van der Waals surface area (Å²) >= 11 is 1.44. The van der Waals surface area contributed by atoms with Gasteiger partial charge in [-0.2, -0.15) is 0 Å². The van der Waals surface area contributed by atoms with Crippen LogP contribution in [0.15, 0.2) is 28.9 Å². The zero-order valence-corrected chi connectivity index (χ0v) is 13.3. The molecule has 2 aromatic rings. The maximum absolute atomic E-state index is 5.68. The van der Waals surface area contributed by atoms with Crippen LogP contribution in [0.25, 0.3) is 0 Å². The van der Waals surface area contributed by atoms with E-state index in [1.54, 1.807) is 6.08 Å². The number of hydrogen-bond acceptors (Lipinski definition) is 7. The fourth-order valence-electron chi connectivity index (χ4n) is 1.73. The summed E-state index contributed by atoms with van der Waals surface area (Å²) in [5, 5.41) is 9.85. The topological polar surface area (TPSA) is 85.8 Å². The Morgan fingerprint density at radius 2 is 2.14 bits per heavy atom. The van der Waals surface area contributed by atoms with Crippen molar-refractivity contribution in [1.82, 2.24) is 24.7 Å². The Morgan fingerprint density at radius 3 is 2.76 bits per heavy atom. The molecule has 0 fully saturated rings. The second-order valence-corrected chi connectivity index (χ2v) is 5.63. The molecule has 0 amide bonds. The first-order chi connectivity index (χ1) is 10.0. The molecule has 0 aromatic carbocycles. The van der Waals surface area contributed by atoms with Crippen LogP contribution < -0.4 is 10.6 Å². The maximum atomic E-state index is 5.68. The van der Waals surface area contributed by atoms with Crippen molar-refractivity contribution >= 4 is 17.7 Å². The number of aromatic nitrogens is 5. The minimum Gasteiger partial charge on any atom is -0.347 e. The molecule has 2 heterocycles. The summed E-state index contributed by atoms with van der Waals surface area (Å²) in [6.07, 6.45) is 1.79. The summed E-state index contributed by atoms with van der Waals surface area (Å²) in [4.78, 5) is 10.8. The zero-order valence-electron chi connectivity index (χ0n) is 12.4. The van der Waals surface area contributed by atoms with Gasteiger partial charge in [-0.05, 0) is 24.8 Å². The lowest BCUT2D eigenvalue weighted by atomic mass is 10.4. The van der Waals surface area contributed by atoms with Crippen LogP contribution in [-0.2, 0) is 13.1 Å². The van der Waals surface area contributed by atoms with Crippen molar-refractivity contribution in [1.29, 1.82) is 0 Å². The van der Waals surface area contributed by atoms with Gasteiger partial charge in [0, 0.05) is 26.3 Å². The molecule has 8 heteroatoms. The molecule has 2 rings (SSSR count). The molecule has 0 spiro atoms. The Labute approximate surface area is 128 Å². The normalized spacial score (nSPS) is 10.7. The van der Waals surface area contributed by atoms with Crippen LogP contribution >= 0.6 is 11.8 Å². The van der Waals surface area contributed by atoms with E-state index >= 15 is 0 Å². The molecule has 112 valence electrons. The molecule has 0 unspecified atom stereocenters. The summed E-state index contributed by atoms with van der Waals surface area (Å²) in [7, 11) is 3.83. The molecule has 21 heavy (non-hydrogen) atoms. The van der Waals surface area contributed by atoms with Gasteiger partial charge in [0.1, 0.15) is 10.9 Å². The van der Waals surface area contributed by atoms with Gasteiger partial charge < -0.3 is 15.2 Å². The lowest BCUT2D eigenvalue weighted by Crippen LogP contribution is -2.13. The van der Waals surface area contributed by atoms with E-state index in [-0.39, 0.29) is 0 Å². The lowest BCUT2D eigenvalue weighted by molar-refractivity contribution is 0.679. The van der Waals surface area contributed by atoms with E-state index < -0.39 is 0 Å². The van der Waals surface area contributed by atoms with Gasteiger partial charge in [-0.15, -0.1) is 16.8 Å². The van der Waals surface area contributed by atoms with Crippen LogP contribution in [0.1, 0.15) is 11.5 Å². The van der Waals surface area contributed by atoms with Gasteiger partial charge in [0.2, 0.25) is 5.95 Å². The number of nitrogens with zero attached hydrogens (tertiary/aromatic N) is 6. The van der Waals surface area contributed by atoms with Crippen molar-refractivity contribution in [2.75, 3.05) is 19.0 Å². The molecule has 0 aliphatic heterocycles. The van der Waals surface area contributed by atoms with Gasteiger partial charge in [-0.1, -0.05) is 6.08 Å². The molecule has 0 bridgehead atoms. The van der Waals surface area contributed by atoms with Crippen LogP contribution in [0, 0.1) is 6.92 Å². The van der Waals surface area contributed by atoms with Gasteiger partial charge in [0.25, 0.3) is 0 Å². The summed E-state index contributed by atoms with van der Waals surface area (Å²) < 4.78 is 1.93. The Bertz CT molecular complexity index is 635. The second-order valence-electron chi connectivity index (χ2n) is 4.65. The van der Waals surface area contributed by atoms with Crippen molar-refractivity contribution in [3.8, 4) is 0 Å². The second kappa shape index (κ2) is 6.68. The highest BCUT2D eigenvalue weighted by atomic mass is 32.2. The predicted octanol–water partition coefficient (Wildman–Crippen LogP) is 1.24. The van der Waals surface area contributed by atoms with E-state index in [0.717, 1.165) is 21.7 Å². The Kier molecular flexibility index (Phi) is 4.92. The van der Waals surface area contributed by atoms with Crippen molar-refractivity contribution in [2.45, 2.75) is 30.2 Å². The van der Waals surface area contributed by atoms with Gasteiger partial charge in [0.15, 0.2) is 5.16 Å². The number of anilines is 1. The van der Waals surface area contributed by atoms with E-state index in [1.807, 2.05) is 36.6 Å². The quantitative estimate of drug-likeness (QED) is 0.634. The molecule has 0 aliphatic carbocycles. The van der Waals surface area contributed by atoms with E-state index in [9.17, 15) is 0 Å². The highest BCUT2D eigenvalue weighted by Gasteiger charge is 2.13. The monoisotopic (exact) mass is 305 g/mol. The zero-order chi connectivity index (χ0) is 15.4. The summed E-state index contributed by atoms with van der Waals surface area (Å²) in [6, 6.07) is 1.92. The molecule has 0 atom stereocenters. The molecule has 0 radical (unpaired) electrons. The van der Waals surface area contributed by atoms with E-state index in [0.29, 0.717) is 19.0 Å². The minimum absolute atomic E-state index is 0.340. The van der Waals surface area contributed by atoms with Gasteiger partial charge in [-0.3, -0.25) is 0 Å². The molecule has 0 saturated heterocycles. The number of allylic oxidation sites excluding steroid dienone is 1. The van der Waals surface area contributed by atoms with Crippen LogP contribution in [0.2, 0.25) is 0 Å². The number of aryl methyl sites for hydroxylation is 1. The third kappa shape index (κ3) is 3.59.